The van der Waals surface area contributed by atoms with Gasteiger partial charge < -0.3 is 9.64 Å². The zero-order chi connectivity index (χ0) is 13.1. The molecule has 2 rings (SSSR count). The molecule has 0 aliphatic carbocycles. The summed E-state index contributed by atoms with van der Waals surface area (Å²) in [6.45, 7) is 16.0. The van der Waals surface area contributed by atoms with Crippen LogP contribution in [0, 0.1) is 11.8 Å². The lowest BCUT2D eigenvalue weighted by Gasteiger charge is -2.44. The first-order valence-electron chi connectivity index (χ1n) is 7.63. The van der Waals surface area contributed by atoms with E-state index in [0.717, 1.165) is 31.7 Å². The molecule has 0 aromatic carbocycles. The number of likely N-dealkylation sites (tertiary alicyclic amines) is 1. The largest absolute Gasteiger partial charge is 0.380 e. The molecule has 2 heterocycles. The second-order valence-electron chi connectivity index (χ2n) is 6.67. The van der Waals surface area contributed by atoms with Gasteiger partial charge in [0.15, 0.2) is 0 Å². The van der Waals surface area contributed by atoms with Crippen LogP contribution < -0.4 is 0 Å². The molecule has 3 heteroatoms. The average Bonchev–Trinajstić information content (AvgIpc) is 2.50. The minimum Gasteiger partial charge on any atom is -0.380 e. The Labute approximate surface area is 112 Å². The number of hydrogen-bond donors (Lipinski definition) is 0. The Hall–Kier alpha value is -0.120. The molecule has 0 aromatic heterocycles. The maximum Gasteiger partial charge on any atom is 0.0593 e. The van der Waals surface area contributed by atoms with Gasteiger partial charge in [0.05, 0.1) is 13.2 Å². The van der Waals surface area contributed by atoms with Crippen molar-refractivity contribution in [1.29, 1.82) is 0 Å². The molecule has 0 aromatic rings. The predicted molar refractivity (Wildman–Crippen MR) is 75.8 cm³/mol. The number of piperidine rings is 1. The van der Waals surface area contributed by atoms with E-state index in [0.29, 0.717) is 12.0 Å². The molecule has 3 nitrogen and oxygen atoms in total. The highest BCUT2D eigenvalue weighted by Crippen LogP contribution is 2.26. The van der Waals surface area contributed by atoms with Gasteiger partial charge in [0, 0.05) is 37.6 Å². The molecule has 2 aliphatic heterocycles. The minimum atomic E-state index is 0.674. The summed E-state index contributed by atoms with van der Waals surface area (Å²) < 4.78 is 5.84. The standard InChI is InChI=1S/C15H30N2O/c1-12(2)9-17-7-8-18-11-14-10-16(13(3)4)6-5-15(14)17/h12-15H,5-11H2,1-4H3. The molecule has 0 saturated carbocycles. The minimum absolute atomic E-state index is 0.674. The van der Waals surface area contributed by atoms with E-state index in [1.807, 2.05) is 0 Å². The van der Waals surface area contributed by atoms with Crippen molar-refractivity contribution in [2.45, 2.75) is 46.2 Å². The molecule has 2 atom stereocenters. The summed E-state index contributed by atoms with van der Waals surface area (Å²) in [5.74, 6) is 1.47. The van der Waals surface area contributed by atoms with Crippen molar-refractivity contribution in [3.63, 3.8) is 0 Å². The zero-order valence-corrected chi connectivity index (χ0v) is 12.6. The second-order valence-corrected chi connectivity index (χ2v) is 6.67. The summed E-state index contributed by atoms with van der Waals surface area (Å²) in [5, 5.41) is 0. The first kappa shape index (κ1) is 14.3. The van der Waals surface area contributed by atoms with Crippen molar-refractivity contribution < 1.29 is 4.74 Å². The van der Waals surface area contributed by atoms with Crippen molar-refractivity contribution in [3.8, 4) is 0 Å². The van der Waals surface area contributed by atoms with Crippen LogP contribution in [0.2, 0.25) is 0 Å². The molecule has 0 spiro atoms. The summed E-state index contributed by atoms with van der Waals surface area (Å²) in [6, 6.07) is 1.43. The van der Waals surface area contributed by atoms with E-state index < -0.39 is 0 Å². The molecule has 2 saturated heterocycles. The Balaban J connectivity index is 2.00. The van der Waals surface area contributed by atoms with Crippen molar-refractivity contribution in [2.24, 2.45) is 11.8 Å². The van der Waals surface area contributed by atoms with Crippen LogP contribution in [0.3, 0.4) is 0 Å². The predicted octanol–water partition coefficient (Wildman–Crippen LogP) is 2.07. The number of hydrogen-bond acceptors (Lipinski definition) is 3. The van der Waals surface area contributed by atoms with Gasteiger partial charge in [0.25, 0.3) is 0 Å². The van der Waals surface area contributed by atoms with Crippen LogP contribution in [0.4, 0.5) is 0 Å². The third-order valence-electron chi connectivity index (χ3n) is 4.38. The highest BCUT2D eigenvalue weighted by atomic mass is 16.5. The Bertz CT molecular complexity index is 255. The van der Waals surface area contributed by atoms with E-state index in [4.69, 9.17) is 4.74 Å². The lowest BCUT2D eigenvalue weighted by molar-refractivity contribution is 0.0336. The van der Waals surface area contributed by atoms with Gasteiger partial charge in [-0.15, -0.1) is 0 Å². The van der Waals surface area contributed by atoms with Gasteiger partial charge in [-0.1, -0.05) is 13.8 Å². The maximum absolute atomic E-state index is 5.84. The van der Waals surface area contributed by atoms with E-state index in [-0.39, 0.29) is 0 Å². The highest BCUT2D eigenvalue weighted by Gasteiger charge is 2.35. The Morgan fingerprint density at radius 3 is 2.61 bits per heavy atom. The van der Waals surface area contributed by atoms with Gasteiger partial charge in [-0.25, -0.2) is 0 Å². The maximum atomic E-state index is 5.84. The van der Waals surface area contributed by atoms with E-state index in [2.05, 4.69) is 37.5 Å². The molecular weight excluding hydrogens is 224 g/mol. The van der Waals surface area contributed by atoms with Crippen LogP contribution >= 0.6 is 0 Å². The molecule has 2 fully saturated rings. The van der Waals surface area contributed by atoms with E-state index in [1.165, 1.54) is 26.1 Å². The topological polar surface area (TPSA) is 15.7 Å². The molecular formula is C15H30N2O. The fraction of sp³-hybridized carbons (Fsp3) is 1.00. The van der Waals surface area contributed by atoms with Crippen molar-refractivity contribution in [3.05, 3.63) is 0 Å². The Kier molecular flexibility index (Phi) is 5.05. The number of rotatable bonds is 3. The Morgan fingerprint density at radius 2 is 1.94 bits per heavy atom. The van der Waals surface area contributed by atoms with Crippen LogP contribution in [0.15, 0.2) is 0 Å². The van der Waals surface area contributed by atoms with Gasteiger partial charge in [0.2, 0.25) is 0 Å². The summed E-state index contributed by atoms with van der Waals surface area (Å²) in [6.07, 6.45) is 1.32. The molecule has 106 valence electrons. The third kappa shape index (κ3) is 3.46. The van der Waals surface area contributed by atoms with Gasteiger partial charge >= 0.3 is 0 Å². The van der Waals surface area contributed by atoms with Crippen LogP contribution in [0.25, 0.3) is 0 Å². The van der Waals surface area contributed by atoms with Crippen LogP contribution in [0.1, 0.15) is 34.1 Å². The van der Waals surface area contributed by atoms with Crippen LogP contribution in [0.5, 0.6) is 0 Å². The number of ether oxygens (including phenoxy) is 1. The van der Waals surface area contributed by atoms with Gasteiger partial charge in [0.1, 0.15) is 0 Å². The molecule has 0 radical (unpaired) electrons. The molecule has 2 aliphatic rings. The lowest BCUT2D eigenvalue weighted by Crippen LogP contribution is -2.53. The van der Waals surface area contributed by atoms with Crippen molar-refractivity contribution in [1.82, 2.24) is 9.80 Å². The quantitative estimate of drug-likeness (QED) is 0.767. The van der Waals surface area contributed by atoms with Crippen molar-refractivity contribution >= 4 is 0 Å². The second kappa shape index (κ2) is 6.36. The summed E-state index contributed by atoms with van der Waals surface area (Å²) in [5.41, 5.74) is 0. The monoisotopic (exact) mass is 254 g/mol. The fourth-order valence-corrected chi connectivity index (χ4v) is 3.44. The average molecular weight is 254 g/mol. The molecule has 18 heavy (non-hydrogen) atoms. The van der Waals surface area contributed by atoms with E-state index in [9.17, 15) is 0 Å². The Morgan fingerprint density at radius 1 is 1.17 bits per heavy atom. The van der Waals surface area contributed by atoms with Gasteiger partial charge in [-0.2, -0.15) is 0 Å². The SMILES string of the molecule is CC(C)CN1CCOCC2CN(C(C)C)CCC21. The summed E-state index contributed by atoms with van der Waals surface area (Å²) in [7, 11) is 0. The van der Waals surface area contributed by atoms with Gasteiger partial charge in [-0.3, -0.25) is 4.90 Å². The summed E-state index contributed by atoms with van der Waals surface area (Å²) >= 11 is 0. The first-order valence-corrected chi connectivity index (χ1v) is 7.63. The lowest BCUT2D eigenvalue weighted by atomic mass is 9.90. The fourth-order valence-electron chi connectivity index (χ4n) is 3.44. The number of fused-ring (bicyclic) bond motifs is 1. The molecule has 0 bridgehead atoms. The third-order valence-corrected chi connectivity index (χ3v) is 4.38. The number of nitrogens with zero attached hydrogens (tertiary/aromatic N) is 2. The molecule has 0 amide bonds. The van der Waals surface area contributed by atoms with Gasteiger partial charge in [-0.05, 0) is 32.7 Å². The summed E-state index contributed by atoms with van der Waals surface area (Å²) in [4.78, 5) is 5.31. The normalized spacial score (nSPS) is 31.7. The molecule has 2 unspecified atom stereocenters. The van der Waals surface area contributed by atoms with E-state index in [1.54, 1.807) is 0 Å². The van der Waals surface area contributed by atoms with Crippen molar-refractivity contribution in [2.75, 3.05) is 39.4 Å². The molecule has 0 N–H and O–H groups in total. The zero-order valence-electron chi connectivity index (χ0n) is 12.6. The first-order chi connectivity index (χ1) is 8.58. The van der Waals surface area contributed by atoms with Crippen LogP contribution in [-0.2, 0) is 4.74 Å². The van der Waals surface area contributed by atoms with E-state index >= 15 is 0 Å². The van der Waals surface area contributed by atoms with Crippen LogP contribution in [-0.4, -0.2) is 61.3 Å². The smallest absolute Gasteiger partial charge is 0.0593 e. The highest BCUT2D eigenvalue weighted by molar-refractivity contribution is 4.89.